The highest BCUT2D eigenvalue weighted by Gasteiger charge is 2.16. The highest BCUT2D eigenvalue weighted by Crippen LogP contribution is 2.23. The Kier molecular flexibility index (Phi) is 4.32. The summed E-state index contributed by atoms with van der Waals surface area (Å²) in [5.74, 6) is 0.784. The SMILES string of the molecule is Cc1ccccc1-n1[nH]c(-c2cnc(N3CCCCC3)nc2C)cc1=O. The third-order valence-electron chi connectivity index (χ3n) is 4.97. The van der Waals surface area contributed by atoms with E-state index >= 15 is 0 Å². The van der Waals surface area contributed by atoms with Gasteiger partial charge in [0.15, 0.2) is 0 Å². The Labute approximate surface area is 152 Å². The molecule has 6 nitrogen and oxygen atoms in total. The standard InChI is InChI=1S/C20H23N5O/c1-14-8-4-5-9-18(14)25-19(26)12-17(23-25)16-13-21-20(22-15(16)2)24-10-6-3-7-11-24/h4-5,8-9,12-13,23H,3,6-7,10-11H2,1-2H3. The van der Waals surface area contributed by atoms with Gasteiger partial charge in [-0.2, -0.15) is 0 Å². The summed E-state index contributed by atoms with van der Waals surface area (Å²) in [6.07, 6.45) is 5.48. The Morgan fingerprint density at radius 2 is 1.85 bits per heavy atom. The first-order chi connectivity index (χ1) is 12.6. The zero-order chi connectivity index (χ0) is 18.1. The number of benzene rings is 1. The molecule has 0 radical (unpaired) electrons. The van der Waals surface area contributed by atoms with E-state index in [1.807, 2.05) is 44.3 Å². The van der Waals surface area contributed by atoms with Crippen LogP contribution < -0.4 is 10.5 Å². The minimum Gasteiger partial charge on any atom is -0.341 e. The number of anilines is 1. The Hall–Kier alpha value is -2.89. The molecule has 3 aromatic rings. The molecular weight excluding hydrogens is 326 g/mol. The van der Waals surface area contributed by atoms with Crippen molar-refractivity contribution in [3.8, 4) is 16.9 Å². The first-order valence-corrected chi connectivity index (χ1v) is 9.10. The fraction of sp³-hybridized carbons (Fsp3) is 0.350. The topological polar surface area (TPSA) is 66.8 Å². The van der Waals surface area contributed by atoms with Crippen LogP contribution in [-0.4, -0.2) is 32.8 Å². The van der Waals surface area contributed by atoms with E-state index in [9.17, 15) is 4.79 Å². The number of H-pyrrole nitrogens is 1. The molecule has 4 rings (SSSR count). The van der Waals surface area contributed by atoms with Crippen molar-refractivity contribution in [3.63, 3.8) is 0 Å². The number of nitrogens with one attached hydrogen (secondary N) is 1. The highest BCUT2D eigenvalue weighted by atomic mass is 16.1. The fourth-order valence-corrected chi connectivity index (χ4v) is 3.49. The number of nitrogens with zero attached hydrogens (tertiary/aromatic N) is 4. The molecule has 0 amide bonds. The summed E-state index contributed by atoms with van der Waals surface area (Å²) >= 11 is 0. The molecule has 0 atom stereocenters. The van der Waals surface area contributed by atoms with Crippen molar-refractivity contribution < 1.29 is 0 Å². The van der Waals surface area contributed by atoms with Crippen LogP contribution in [0.1, 0.15) is 30.5 Å². The maximum absolute atomic E-state index is 12.5. The second kappa shape index (κ2) is 6.78. The van der Waals surface area contributed by atoms with Crippen LogP contribution in [0.25, 0.3) is 16.9 Å². The van der Waals surface area contributed by atoms with Crippen LogP contribution in [-0.2, 0) is 0 Å². The van der Waals surface area contributed by atoms with Crippen molar-refractivity contribution in [2.24, 2.45) is 0 Å². The molecule has 0 bridgehead atoms. The average Bonchev–Trinajstić information content (AvgIpc) is 3.04. The van der Waals surface area contributed by atoms with Crippen molar-refractivity contribution >= 4 is 5.95 Å². The van der Waals surface area contributed by atoms with Crippen molar-refractivity contribution in [2.45, 2.75) is 33.1 Å². The van der Waals surface area contributed by atoms with E-state index in [2.05, 4.69) is 20.0 Å². The molecule has 1 N–H and O–H groups in total. The quantitative estimate of drug-likeness (QED) is 0.788. The van der Waals surface area contributed by atoms with Crippen LogP contribution in [0.4, 0.5) is 5.95 Å². The maximum atomic E-state index is 12.5. The second-order valence-corrected chi connectivity index (χ2v) is 6.85. The van der Waals surface area contributed by atoms with Gasteiger partial charge in [-0.15, -0.1) is 0 Å². The number of aryl methyl sites for hydroxylation is 2. The van der Waals surface area contributed by atoms with Crippen molar-refractivity contribution in [2.75, 3.05) is 18.0 Å². The Balaban J connectivity index is 1.69. The largest absolute Gasteiger partial charge is 0.341 e. The molecule has 2 aromatic heterocycles. The molecule has 1 fully saturated rings. The number of piperidine rings is 1. The van der Waals surface area contributed by atoms with E-state index in [0.29, 0.717) is 0 Å². The maximum Gasteiger partial charge on any atom is 0.271 e. The lowest BCUT2D eigenvalue weighted by atomic mass is 10.1. The van der Waals surface area contributed by atoms with E-state index < -0.39 is 0 Å². The third kappa shape index (κ3) is 3.03. The summed E-state index contributed by atoms with van der Waals surface area (Å²) in [7, 11) is 0. The van der Waals surface area contributed by atoms with Gasteiger partial charge in [-0.25, -0.2) is 14.6 Å². The molecule has 0 unspecified atom stereocenters. The van der Waals surface area contributed by atoms with Gasteiger partial charge in [0, 0.05) is 30.9 Å². The van der Waals surface area contributed by atoms with Crippen molar-refractivity contribution in [3.05, 3.63) is 58.1 Å². The molecule has 0 spiro atoms. The van der Waals surface area contributed by atoms with Crippen molar-refractivity contribution in [1.29, 1.82) is 0 Å². The molecular formula is C20H23N5O. The summed E-state index contributed by atoms with van der Waals surface area (Å²) < 4.78 is 1.57. The molecule has 1 saturated heterocycles. The second-order valence-electron chi connectivity index (χ2n) is 6.85. The van der Waals surface area contributed by atoms with Gasteiger partial charge in [-0.05, 0) is 44.7 Å². The molecule has 134 valence electrons. The van der Waals surface area contributed by atoms with Gasteiger partial charge in [0.25, 0.3) is 5.56 Å². The lowest BCUT2D eigenvalue weighted by molar-refractivity contribution is 0.568. The molecule has 1 aromatic carbocycles. The summed E-state index contributed by atoms with van der Waals surface area (Å²) in [4.78, 5) is 24.0. The normalized spacial score (nSPS) is 14.6. The summed E-state index contributed by atoms with van der Waals surface area (Å²) in [5.41, 5.74) is 4.27. The Bertz CT molecular complexity index is 982. The van der Waals surface area contributed by atoms with E-state index in [-0.39, 0.29) is 5.56 Å². The monoisotopic (exact) mass is 349 g/mol. The van der Waals surface area contributed by atoms with Gasteiger partial charge in [-0.3, -0.25) is 9.89 Å². The van der Waals surface area contributed by atoms with Gasteiger partial charge in [0.1, 0.15) is 0 Å². The summed E-state index contributed by atoms with van der Waals surface area (Å²) in [6, 6.07) is 9.42. The molecule has 1 aliphatic rings. The molecule has 6 heteroatoms. The third-order valence-corrected chi connectivity index (χ3v) is 4.97. The number of aromatic amines is 1. The van der Waals surface area contributed by atoms with Crippen molar-refractivity contribution in [1.82, 2.24) is 19.7 Å². The predicted molar refractivity (Wildman–Crippen MR) is 103 cm³/mol. The van der Waals surface area contributed by atoms with E-state index in [1.54, 1.807) is 10.7 Å². The van der Waals surface area contributed by atoms with E-state index in [1.165, 1.54) is 19.3 Å². The molecule has 1 aliphatic heterocycles. The first kappa shape index (κ1) is 16.6. The molecule has 3 heterocycles. The highest BCUT2D eigenvalue weighted by molar-refractivity contribution is 5.61. The zero-order valence-corrected chi connectivity index (χ0v) is 15.2. The van der Waals surface area contributed by atoms with Gasteiger partial charge < -0.3 is 4.90 Å². The summed E-state index contributed by atoms with van der Waals surface area (Å²) in [5, 5.41) is 3.21. The zero-order valence-electron chi connectivity index (χ0n) is 15.2. The minimum atomic E-state index is -0.0891. The van der Waals surface area contributed by atoms with Crippen LogP contribution in [0, 0.1) is 13.8 Å². The van der Waals surface area contributed by atoms with Gasteiger partial charge in [-0.1, -0.05) is 18.2 Å². The van der Waals surface area contributed by atoms with Crippen LogP contribution in [0.15, 0.2) is 41.3 Å². The average molecular weight is 349 g/mol. The molecule has 0 aliphatic carbocycles. The predicted octanol–water partition coefficient (Wildman–Crippen LogP) is 3.23. The molecule has 0 saturated carbocycles. The van der Waals surface area contributed by atoms with Gasteiger partial charge in [0.05, 0.1) is 17.1 Å². The van der Waals surface area contributed by atoms with Crippen LogP contribution >= 0.6 is 0 Å². The summed E-state index contributed by atoms with van der Waals surface area (Å²) in [6.45, 7) is 5.98. The van der Waals surface area contributed by atoms with E-state index in [0.717, 1.165) is 47.2 Å². The van der Waals surface area contributed by atoms with Crippen LogP contribution in [0.3, 0.4) is 0 Å². The van der Waals surface area contributed by atoms with E-state index in [4.69, 9.17) is 0 Å². The fourth-order valence-electron chi connectivity index (χ4n) is 3.49. The Morgan fingerprint density at radius 1 is 1.08 bits per heavy atom. The van der Waals surface area contributed by atoms with Crippen LogP contribution in [0.2, 0.25) is 0 Å². The van der Waals surface area contributed by atoms with Gasteiger partial charge >= 0.3 is 0 Å². The van der Waals surface area contributed by atoms with Crippen LogP contribution in [0.5, 0.6) is 0 Å². The lowest BCUT2D eigenvalue weighted by Gasteiger charge is -2.26. The number of hydrogen-bond acceptors (Lipinski definition) is 4. The molecule has 26 heavy (non-hydrogen) atoms. The number of hydrogen-bond donors (Lipinski definition) is 1. The lowest BCUT2D eigenvalue weighted by Crippen LogP contribution is -2.31. The number of rotatable bonds is 3. The smallest absolute Gasteiger partial charge is 0.271 e. The van der Waals surface area contributed by atoms with Gasteiger partial charge in [0.2, 0.25) is 5.95 Å². The minimum absolute atomic E-state index is 0.0891. The first-order valence-electron chi connectivity index (χ1n) is 9.10. The number of aromatic nitrogens is 4. The number of para-hydroxylation sites is 1. The Morgan fingerprint density at radius 3 is 2.58 bits per heavy atom.